The van der Waals surface area contributed by atoms with E-state index in [0.717, 1.165) is 11.4 Å². The van der Waals surface area contributed by atoms with E-state index in [0.29, 0.717) is 16.6 Å². The molecule has 0 aliphatic rings. The Hall–Kier alpha value is -1.99. The first-order chi connectivity index (χ1) is 8.60. The molecule has 4 nitrogen and oxygen atoms in total. The van der Waals surface area contributed by atoms with Gasteiger partial charge >= 0.3 is 0 Å². The highest BCUT2D eigenvalue weighted by molar-refractivity contribution is 6.33. The van der Waals surface area contributed by atoms with E-state index in [-0.39, 0.29) is 0 Å². The first-order valence-corrected chi connectivity index (χ1v) is 5.99. The summed E-state index contributed by atoms with van der Waals surface area (Å²) in [6, 6.07) is 7.51. The number of nitrogens with one attached hydrogen (secondary N) is 1. The summed E-state index contributed by atoms with van der Waals surface area (Å²) in [6.07, 6.45) is 3.66. The van der Waals surface area contributed by atoms with Gasteiger partial charge in [-0.05, 0) is 32.0 Å². The molecule has 92 valence electrons. The molecule has 0 saturated heterocycles. The van der Waals surface area contributed by atoms with E-state index in [1.165, 1.54) is 0 Å². The van der Waals surface area contributed by atoms with Crippen molar-refractivity contribution in [2.45, 2.75) is 19.9 Å². The van der Waals surface area contributed by atoms with Crippen molar-refractivity contribution < 1.29 is 0 Å². The molecule has 2 aromatic rings. The zero-order chi connectivity index (χ0) is 13.1. The van der Waals surface area contributed by atoms with Crippen LogP contribution in [0.25, 0.3) is 0 Å². The fourth-order valence-corrected chi connectivity index (χ4v) is 1.75. The van der Waals surface area contributed by atoms with E-state index in [1.54, 1.807) is 24.4 Å². The van der Waals surface area contributed by atoms with Crippen LogP contribution in [0.4, 0.5) is 11.4 Å². The molecule has 0 saturated carbocycles. The largest absolute Gasteiger partial charge is 0.352 e. The van der Waals surface area contributed by atoms with Gasteiger partial charge in [-0.25, -0.2) is 0 Å². The molecule has 1 N–H and O–H groups in total. The SMILES string of the molecule is CC(C)n1cc(Nc2ccc(C#N)cc2Cl)cn1. The van der Waals surface area contributed by atoms with E-state index in [4.69, 9.17) is 16.9 Å². The monoisotopic (exact) mass is 260 g/mol. The molecule has 0 aliphatic heterocycles. The number of benzene rings is 1. The van der Waals surface area contributed by atoms with Crippen LogP contribution in [-0.4, -0.2) is 9.78 Å². The summed E-state index contributed by atoms with van der Waals surface area (Å²) in [4.78, 5) is 0. The summed E-state index contributed by atoms with van der Waals surface area (Å²) in [7, 11) is 0. The van der Waals surface area contributed by atoms with Gasteiger partial charge in [-0.2, -0.15) is 10.4 Å². The summed E-state index contributed by atoms with van der Waals surface area (Å²) in [5, 5.41) is 16.7. The summed E-state index contributed by atoms with van der Waals surface area (Å²) in [5.74, 6) is 0. The van der Waals surface area contributed by atoms with E-state index in [2.05, 4.69) is 24.3 Å². The summed E-state index contributed by atoms with van der Waals surface area (Å²) in [5.41, 5.74) is 2.18. The highest BCUT2D eigenvalue weighted by Gasteiger charge is 2.05. The molecule has 1 heterocycles. The minimum Gasteiger partial charge on any atom is -0.352 e. The van der Waals surface area contributed by atoms with Crippen molar-refractivity contribution >= 4 is 23.0 Å². The Morgan fingerprint density at radius 1 is 1.44 bits per heavy atom. The van der Waals surface area contributed by atoms with E-state index < -0.39 is 0 Å². The van der Waals surface area contributed by atoms with Gasteiger partial charge in [0.2, 0.25) is 0 Å². The van der Waals surface area contributed by atoms with Gasteiger partial charge in [-0.15, -0.1) is 0 Å². The number of hydrogen-bond acceptors (Lipinski definition) is 3. The Kier molecular flexibility index (Phi) is 3.54. The first kappa shape index (κ1) is 12.5. The highest BCUT2D eigenvalue weighted by Crippen LogP contribution is 2.26. The zero-order valence-corrected chi connectivity index (χ0v) is 10.9. The second kappa shape index (κ2) is 5.11. The molecule has 0 atom stereocenters. The van der Waals surface area contributed by atoms with Gasteiger partial charge in [0.1, 0.15) is 0 Å². The topological polar surface area (TPSA) is 53.6 Å². The lowest BCUT2D eigenvalue weighted by molar-refractivity contribution is 0.532. The van der Waals surface area contributed by atoms with Crippen LogP contribution in [0.15, 0.2) is 30.6 Å². The molecule has 0 fully saturated rings. The van der Waals surface area contributed by atoms with E-state index >= 15 is 0 Å². The molecular weight excluding hydrogens is 248 g/mol. The Labute approximate surface area is 111 Å². The van der Waals surface area contributed by atoms with Crippen molar-refractivity contribution in [3.63, 3.8) is 0 Å². The molecule has 0 amide bonds. The molecule has 18 heavy (non-hydrogen) atoms. The lowest BCUT2D eigenvalue weighted by atomic mass is 10.2. The van der Waals surface area contributed by atoms with Crippen molar-refractivity contribution in [1.82, 2.24) is 9.78 Å². The standard InChI is InChI=1S/C13H13ClN4/c1-9(2)18-8-11(7-16-18)17-13-4-3-10(6-15)5-12(13)14/h3-5,7-9,17H,1-2H3. The van der Waals surface area contributed by atoms with Crippen molar-refractivity contribution in [2.75, 3.05) is 5.32 Å². The quantitative estimate of drug-likeness (QED) is 0.915. The fourth-order valence-electron chi connectivity index (χ4n) is 1.53. The maximum Gasteiger partial charge on any atom is 0.0992 e. The maximum absolute atomic E-state index is 8.76. The summed E-state index contributed by atoms with van der Waals surface area (Å²) in [6.45, 7) is 4.12. The third kappa shape index (κ3) is 2.63. The van der Waals surface area contributed by atoms with Gasteiger partial charge in [-0.1, -0.05) is 11.6 Å². The molecule has 0 aliphatic carbocycles. The predicted molar refractivity (Wildman–Crippen MR) is 72.1 cm³/mol. The number of nitriles is 1. The molecule has 0 spiro atoms. The maximum atomic E-state index is 8.76. The van der Waals surface area contributed by atoms with Crippen molar-refractivity contribution in [3.05, 3.63) is 41.2 Å². The van der Waals surface area contributed by atoms with Crippen LogP contribution in [0.1, 0.15) is 25.5 Å². The number of rotatable bonds is 3. The number of hydrogen-bond donors (Lipinski definition) is 1. The number of nitrogens with zero attached hydrogens (tertiary/aromatic N) is 3. The van der Waals surface area contributed by atoms with Crippen LogP contribution >= 0.6 is 11.6 Å². The van der Waals surface area contributed by atoms with Crippen LogP contribution in [0, 0.1) is 11.3 Å². The summed E-state index contributed by atoms with van der Waals surface area (Å²) >= 11 is 6.09. The Morgan fingerprint density at radius 2 is 2.22 bits per heavy atom. The first-order valence-electron chi connectivity index (χ1n) is 5.61. The molecule has 5 heteroatoms. The Morgan fingerprint density at radius 3 is 2.78 bits per heavy atom. The number of anilines is 2. The second-order valence-electron chi connectivity index (χ2n) is 4.23. The van der Waals surface area contributed by atoms with Gasteiger partial charge in [0.25, 0.3) is 0 Å². The lowest BCUT2D eigenvalue weighted by Crippen LogP contribution is -2.00. The van der Waals surface area contributed by atoms with Crippen LogP contribution in [0.2, 0.25) is 5.02 Å². The van der Waals surface area contributed by atoms with Gasteiger partial charge in [-0.3, -0.25) is 4.68 Å². The Bertz CT molecular complexity index is 595. The molecule has 0 bridgehead atoms. The van der Waals surface area contributed by atoms with Crippen LogP contribution in [0.5, 0.6) is 0 Å². The zero-order valence-electron chi connectivity index (χ0n) is 10.2. The predicted octanol–water partition coefficient (Wildman–Crippen LogP) is 3.73. The minimum atomic E-state index is 0.317. The smallest absolute Gasteiger partial charge is 0.0992 e. The third-order valence-corrected chi connectivity index (χ3v) is 2.82. The van der Waals surface area contributed by atoms with E-state index in [9.17, 15) is 0 Å². The molecule has 0 unspecified atom stereocenters. The Balaban J connectivity index is 2.21. The molecule has 1 aromatic heterocycles. The number of aromatic nitrogens is 2. The van der Waals surface area contributed by atoms with Crippen LogP contribution in [-0.2, 0) is 0 Å². The second-order valence-corrected chi connectivity index (χ2v) is 4.64. The van der Waals surface area contributed by atoms with Crippen molar-refractivity contribution in [1.29, 1.82) is 5.26 Å². The fraction of sp³-hybridized carbons (Fsp3) is 0.231. The van der Waals surface area contributed by atoms with Gasteiger partial charge in [0.15, 0.2) is 0 Å². The van der Waals surface area contributed by atoms with Crippen LogP contribution < -0.4 is 5.32 Å². The molecule has 2 rings (SSSR count). The normalized spacial score (nSPS) is 10.4. The minimum absolute atomic E-state index is 0.317. The molecule has 0 radical (unpaired) electrons. The van der Waals surface area contributed by atoms with Gasteiger partial charge in [0, 0.05) is 12.2 Å². The van der Waals surface area contributed by atoms with E-state index in [1.807, 2.05) is 16.9 Å². The average molecular weight is 261 g/mol. The van der Waals surface area contributed by atoms with Gasteiger partial charge < -0.3 is 5.32 Å². The number of halogens is 1. The third-order valence-electron chi connectivity index (χ3n) is 2.51. The highest BCUT2D eigenvalue weighted by atomic mass is 35.5. The molecule has 1 aromatic carbocycles. The average Bonchev–Trinajstić information content (AvgIpc) is 2.80. The van der Waals surface area contributed by atoms with Gasteiger partial charge in [0.05, 0.1) is 34.2 Å². The van der Waals surface area contributed by atoms with Crippen molar-refractivity contribution in [3.8, 4) is 6.07 Å². The summed E-state index contributed by atoms with van der Waals surface area (Å²) < 4.78 is 1.86. The molecular formula is C13H13ClN4. The van der Waals surface area contributed by atoms with Crippen LogP contribution in [0.3, 0.4) is 0 Å². The lowest BCUT2D eigenvalue weighted by Gasteiger charge is -2.06. The van der Waals surface area contributed by atoms with Crippen molar-refractivity contribution in [2.24, 2.45) is 0 Å².